The van der Waals surface area contributed by atoms with Gasteiger partial charge in [0, 0.05) is 40.3 Å². The predicted octanol–water partition coefficient (Wildman–Crippen LogP) is 14.9. The van der Waals surface area contributed by atoms with E-state index in [1.807, 2.05) is 22.7 Å². The summed E-state index contributed by atoms with van der Waals surface area (Å²) in [4.78, 5) is 0. The maximum atomic E-state index is 2.41. The van der Waals surface area contributed by atoms with E-state index in [1.165, 1.54) is 106 Å². The van der Waals surface area contributed by atoms with Crippen LogP contribution in [0.1, 0.15) is 0 Å². The van der Waals surface area contributed by atoms with E-state index in [-0.39, 0.29) is 0 Å². The van der Waals surface area contributed by atoms with Crippen molar-refractivity contribution < 1.29 is 0 Å². The van der Waals surface area contributed by atoms with Crippen molar-refractivity contribution >= 4 is 95.3 Å². The summed E-state index contributed by atoms with van der Waals surface area (Å²) in [5.41, 5.74) is 7.56. The zero-order valence-electron chi connectivity index (χ0n) is 27.0. The zero-order chi connectivity index (χ0) is 32.8. The maximum absolute atomic E-state index is 2.41. The van der Waals surface area contributed by atoms with Gasteiger partial charge in [0.25, 0.3) is 0 Å². The van der Waals surface area contributed by atoms with Gasteiger partial charge in [-0.2, -0.15) is 0 Å². The average molecular weight is 669 g/mol. The molecule has 9 aromatic carbocycles. The van der Waals surface area contributed by atoms with Crippen molar-refractivity contribution in [2.75, 3.05) is 0 Å². The van der Waals surface area contributed by atoms with Gasteiger partial charge >= 0.3 is 0 Å². The van der Waals surface area contributed by atoms with Gasteiger partial charge in [-0.1, -0.05) is 127 Å². The molecule has 232 valence electrons. The lowest BCUT2D eigenvalue weighted by atomic mass is 9.86. The molecule has 0 saturated heterocycles. The molecule has 0 aliphatic rings. The van der Waals surface area contributed by atoms with Gasteiger partial charge in [0.2, 0.25) is 0 Å². The summed E-state index contributed by atoms with van der Waals surface area (Å²) in [6, 6.07) is 63.1. The molecule has 11 aromatic rings. The van der Waals surface area contributed by atoms with E-state index in [9.17, 15) is 0 Å². The lowest BCUT2D eigenvalue weighted by molar-refractivity contribution is 1.63. The summed E-state index contributed by atoms with van der Waals surface area (Å²) in [5.74, 6) is 0. The predicted molar refractivity (Wildman–Crippen MR) is 221 cm³/mol. The Morgan fingerprint density at radius 1 is 0.240 bits per heavy atom. The molecule has 0 spiro atoms. The Kier molecular flexibility index (Phi) is 6.09. The fourth-order valence-electron chi connectivity index (χ4n) is 8.11. The van der Waals surface area contributed by atoms with Crippen LogP contribution in [0.3, 0.4) is 0 Å². The van der Waals surface area contributed by atoms with Crippen molar-refractivity contribution in [2.24, 2.45) is 0 Å². The summed E-state index contributed by atoms with van der Waals surface area (Å²) in [5, 5.41) is 13.1. The third-order valence-electron chi connectivity index (χ3n) is 10.4. The van der Waals surface area contributed by atoms with Gasteiger partial charge in [0.1, 0.15) is 0 Å². The highest BCUT2D eigenvalue weighted by molar-refractivity contribution is 7.26. The fourth-order valence-corrected chi connectivity index (χ4v) is 10.4. The van der Waals surface area contributed by atoms with Gasteiger partial charge in [-0.15, -0.1) is 22.7 Å². The highest BCUT2D eigenvalue weighted by Crippen LogP contribution is 2.45. The van der Waals surface area contributed by atoms with Crippen molar-refractivity contribution in [3.05, 3.63) is 170 Å². The van der Waals surface area contributed by atoms with Gasteiger partial charge in [-0.25, -0.2) is 0 Å². The Balaban J connectivity index is 1.04. The van der Waals surface area contributed by atoms with Crippen molar-refractivity contribution in [2.45, 2.75) is 0 Å². The molecule has 0 N–H and O–H groups in total. The van der Waals surface area contributed by atoms with E-state index >= 15 is 0 Å². The molecular weight excluding hydrogens is 641 g/mol. The van der Waals surface area contributed by atoms with Crippen molar-refractivity contribution in [3.63, 3.8) is 0 Å². The summed E-state index contributed by atoms with van der Waals surface area (Å²) in [6.45, 7) is 0. The molecule has 0 nitrogen and oxygen atoms in total. The van der Waals surface area contributed by atoms with Crippen LogP contribution in [0.25, 0.3) is 106 Å². The topological polar surface area (TPSA) is 0 Å². The standard InChI is InChI=1S/C48H28S2/c1-2-10-30(11-3-1)47-36-13-4-6-15-38(36)48(39-16-7-5-14-37(39)47)31-20-18-29(19-21-31)32-22-23-44-41(24-32)42-26-33-25-40-35-12-8-9-17-43(35)49-45(40)27-34(33)28-46(42)50-44/h1-28H. The maximum Gasteiger partial charge on any atom is 0.0361 e. The Morgan fingerprint density at radius 2 is 0.660 bits per heavy atom. The third kappa shape index (κ3) is 4.23. The molecule has 0 fully saturated rings. The first kappa shape index (κ1) is 28.1. The van der Waals surface area contributed by atoms with Gasteiger partial charge in [-0.3, -0.25) is 0 Å². The molecule has 0 unspecified atom stereocenters. The second-order valence-electron chi connectivity index (χ2n) is 13.2. The van der Waals surface area contributed by atoms with Crippen LogP contribution in [0.4, 0.5) is 0 Å². The van der Waals surface area contributed by atoms with Crippen molar-refractivity contribution in [1.29, 1.82) is 0 Å². The summed E-state index contributed by atoms with van der Waals surface area (Å²) < 4.78 is 5.39. The quantitative estimate of drug-likeness (QED) is 0.164. The molecule has 2 aromatic heterocycles. The minimum Gasteiger partial charge on any atom is -0.135 e. The number of benzene rings is 9. The molecule has 0 atom stereocenters. The molecule has 0 bridgehead atoms. The summed E-state index contributed by atoms with van der Waals surface area (Å²) in [6.07, 6.45) is 0. The van der Waals surface area contributed by atoms with Crippen LogP contribution < -0.4 is 0 Å². The molecular formula is C48H28S2. The first-order chi connectivity index (χ1) is 24.8. The zero-order valence-corrected chi connectivity index (χ0v) is 28.6. The monoisotopic (exact) mass is 668 g/mol. The Labute approximate surface area is 297 Å². The molecule has 0 radical (unpaired) electrons. The molecule has 2 heterocycles. The Morgan fingerprint density at radius 3 is 1.28 bits per heavy atom. The van der Waals surface area contributed by atoms with Gasteiger partial charge in [0.05, 0.1) is 0 Å². The fraction of sp³-hybridized carbons (Fsp3) is 0. The molecule has 11 rings (SSSR count). The van der Waals surface area contributed by atoms with Crippen LogP contribution in [0.15, 0.2) is 170 Å². The molecule has 2 heteroatoms. The van der Waals surface area contributed by atoms with E-state index in [0.29, 0.717) is 0 Å². The highest BCUT2D eigenvalue weighted by Gasteiger charge is 2.17. The average Bonchev–Trinajstić information content (AvgIpc) is 3.72. The van der Waals surface area contributed by atoms with Crippen molar-refractivity contribution in [3.8, 4) is 33.4 Å². The van der Waals surface area contributed by atoms with Crippen LogP contribution >= 0.6 is 22.7 Å². The van der Waals surface area contributed by atoms with E-state index < -0.39 is 0 Å². The van der Waals surface area contributed by atoms with Crippen LogP contribution in [0.5, 0.6) is 0 Å². The third-order valence-corrected chi connectivity index (χ3v) is 12.7. The van der Waals surface area contributed by atoms with Crippen LogP contribution in [0.2, 0.25) is 0 Å². The second-order valence-corrected chi connectivity index (χ2v) is 15.4. The lowest BCUT2D eigenvalue weighted by Gasteiger charge is -2.18. The first-order valence-corrected chi connectivity index (χ1v) is 18.7. The van der Waals surface area contributed by atoms with E-state index in [1.54, 1.807) is 0 Å². The SMILES string of the molecule is c1ccc(-c2c3ccccc3c(-c3ccc(-c4ccc5sc6cc7cc8sc9ccccc9c8cc7cc6c5c4)cc3)c3ccccc23)cc1. The van der Waals surface area contributed by atoms with Crippen LogP contribution in [0, 0.1) is 0 Å². The molecule has 50 heavy (non-hydrogen) atoms. The smallest absolute Gasteiger partial charge is 0.0361 e. The molecule has 0 aliphatic heterocycles. The second kappa shape index (κ2) is 10.9. The number of rotatable bonds is 3. The number of hydrogen-bond donors (Lipinski definition) is 0. The van der Waals surface area contributed by atoms with Gasteiger partial charge < -0.3 is 0 Å². The van der Waals surface area contributed by atoms with Crippen LogP contribution in [-0.2, 0) is 0 Å². The largest absolute Gasteiger partial charge is 0.135 e. The first-order valence-electron chi connectivity index (χ1n) is 17.1. The van der Waals surface area contributed by atoms with E-state index in [2.05, 4.69) is 170 Å². The normalized spacial score (nSPS) is 12.0. The van der Waals surface area contributed by atoms with E-state index in [0.717, 1.165) is 0 Å². The Bertz CT molecular complexity index is 3070. The number of thiophene rings is 2. The minimum absolute atomic E-state index is 1.23. The highest BCUT2D eigenvalue weighted by atomic mass is 32.1. The molecule has 0 amide bonds. The molecule has 0 saturated carbocycles. The molecule has 0 aliphatic carbocycles. The summed E-state index contributed by atoms with van der Waals surface area (Å²) in [7, 11) is 0. The number of fused-ring (bicyclic) bond motifs is 9. The van der Waals surface area contributed by atoms with E-state index in [4.69, 9.17) is 0 Å². The van der Waals surface area contributed by atoms with Gasteiger partial charge in [0.15, 0.2) is 0 Å². The number of hydrogen-bond acceptors (Lipinski definition) is 2. The summed E-state index contributed by atoms with van der Waals surface area (Å²) >= 11 is 3.79. The van der Waals surface area contributed by atoms with Crippen molar-refractivity contribution in [1.82, 2.24) is 0 Å². The minimum atomic E-state index is 1.23. The lowest BCUT2D eigenvalue weighted by Crippen LogP contribution is -1.90. The Hall–Kier alpha value is -5.80. The van der Waals surface area contributed by atoms with Gasteiger partial charge in [-0.05, 0) is 108 Å². The van der Waals surface area contributed by atoms with Crippen LogP contribution in [-0.4, -0.2) is 0 Å².